The lowest BCUT2D eigenvalue weighted by Gasteiger charge is -2.40. The van der Waals surface area contributed by atoms with Crippen molar-refractivity contribution < 1.29 is 9.47 Å². The number of hydrogen-bond donors (Lipinski definition) is 4. The summed E-state index contributed by atoms with van der Waals surface area (Å²) in [6.07, 6.45) is 1.52. The van der Waals surface area contributed by atoms with Gasteiger partial charge in [0.05, 0.1) is 19.5 Å². The minimum absolute atomic E-state index is 0.343. The largest absolute Gasteiger partial charge is 0.527 e. The van der Waals surface area contributed by atoms with Gasteiger partial charge in [0.2, 0.25) is 5.84 Å². The van der Waals surface area contributed by atoms with Crippen LogP contribution in [0.15, 0.2) is 67.0 Å². The zero-order valence-electron chi connectivity index (χ0n) is 13.8. The maximum Gasteiger partial charge on any atom is 0.396 e. The Bertz CT molecular complexity index is 841. The van der Waals surface area contributed by atoms with Crippen LogP contribution >= 0.6 is 0 Å². The van der Waals surface area contributed by atoms with Crippen molar-refractivity contribution in [3.8, 4) is 0 Å². The molecule has 2 heterocycles. The topological polar surface area (TPSA) is 92.2 Å². The van der Waals surface area contributed by atoms with Crippen molar-refractivity contribution in [1.29, 1.82) is 5.41 Å². The molecule has 1 saturated heterocycles. The molecule has 1 aromatic heterocycles. The number of nitrogens with one attached hydrogen (secondary N) is 3. The van der Waals surface area contributed by atoms with Crippen LogP contribution in [0.2, 0.25) is 0 Å². The van der Waals surface area contributed by atoms with Gasteiger partial charge in [0.1, 0.15) is 0 Å². The first-order valence-corrected chi connectivity index (χ1v) is 8.37. The SMILES string of the molecule is N=C(c1[nH]cnc1N)[NH+]1CCO[B-]1(c1ccccc1)c1ccccc1. The molecule has 6 nitrogen and oxygen atoms in total. The highest BCUT2D eigenvalue weighted by Gasteiger charge is 2.49. The summed E-state index contributed by atoms with van der Waals surface area (Å²) in [6.45, 7) is -0.355. The third kappa shape index (κ3) is 2.45. The summed E-state index contributed by atoms with van der Waals surface area (Å²) >= 11 is 0. The number of quaternary nitrogens is 1. The van der Waals surface area contributed by atoms with Gasteiger partial charge in [-0.2, -0.15) is 0 Å². The molecular formula is C18H20BN5O. The average Bonchev–Trinajstić information content (AvgIpc) is 3.30. The van der Waals surface area contributed by atoms with E-state index in [9.17, 15) is 0 Å². The van der Waals surface area contributed by atoms with Crippen molar-refractivity contribution in [3.63, 3.8) is 0 Å². The molecule has 3 aromatic rings. The Labute approximate surface area is 146 Å². The van der Waals surface area contributed by atoms with Crippen LogP contribution in [-0.2, 0) is 4.65 Å². The summed E-state index contributed by atoms with van der Waals surface area (Å²) < 4.78 is 6.39. The van der Waals surface area contributed by atoms with Crippen molar-refractivity contribution in [2.45, 2.75) is 0 Å². The van der Waals surface area contributed by atoms with E-state index in [0.29, 0.717) is 30.5 Å². The predicted octanol–water partition coefficient (Wildman–Crippen LogP) is -0.511. The number of hydrogen-bond acceptors (Lipinski definition) is 4. The fraction of sp³-hybridized carbons (Fsp3) is 0.111. The third-order valence-electron chi connectivity index (χ3n) is 5.01. The minimum atomic E-state index is -1.63. The highest BCUT2D eigenvalue weighted by atomic mass is 16.5. The van der Waals surface area contributed by atoms with Gasteiger partial charge in [0.25, 0.3) is 0 Å². The van der Waals surface area contributed by atoms with Crippen LogP contribution in [0, 0.1) is 5.41 Å². The number of nitrogens with zero attached hydrogens (tertiary/aromatic N) is 1. The Morgan fingerprint density at radius 2 is 1.68 bits per heavy atom. The van der Waals surface area contributed by atoms with Gasteiger partial charge in [0.15, 0.2) is 11.5 Å². The zero-order valence-corrected chi connectivity index (χ0v) is 13.8. The molecule has 2 aromatic carbocycles. The van der Waals surface area contributed by atoms with E-state index in [4.69, 9.17) is 15.8 Å². The maximum atomic E-state index is 8.79. The summed E-state index contributed by atoms with van der Waals surface area (Å²) in [4.78, 5) is 7.98. The lowest BCUT2D eigenvalue weighted by molar-refractivity contribution is -0.681. The van der Waals surface area contributed by atoms with E-state index in [1.807, 2.05) is 36.4 Å². The van der Waals surface area contributed by atoms with Gasteiger partial charge in [-0.15, -0.1) is 10.9 Å². The number of benzene rings is 2. The molecule has 1 atom stereocenters. The van der Waals surface area contributed by atoms with E-state index >= 15 is 0 Å². The van der Waals surface area contributed by atoms with Crippen LogP contribution in [0.5, 0.6) is 0 Å². The van der Waals surface area contributed by atoms with Crippen LogP contribution < -0.4 is 21.5 Å². The van der Waals surface area contributed by atoms with Crippen molar-refractivity contribution in [1.82, 2.24) is 9.97 Å². The minimum Gasteiger partial charge on any atom is -0.527 e. The standard InChI is InChI=1S/C18H20BN5O/c20-17-16(22-13-23-17)18(21)24-11-12-25-19(24,14-7-3-1-4-8-14)15-9-5-2-6-10-15/h1-10,13,21,24H,11-12,20H2,(H,22,23). The summed E-state index contributed by atoms with van der Waals surface area (Å²) in [7, 11) is 0. The van der Waals surface area contributed by atoms with Crippen molar-refractivity contribution in [2.75, 3.05) is 18.9 Å². The molecule has 4 rings (SSSR count). The molecule has 1 unspecified atom stereocenters. The molecular weight excluding hydrogens is 313 g/mol. The van der Waals surface area contributed by atoms with Crippen LogP contribution in [0.25, 0.3) is 0 Å². The summed E-state index contributed by atoms with van der Waals surface area (Å²) in [5, 5.41) is 8.79. The van der Waals surface area contributed by atoms with Gasteiger partial charge < -0.3 is 20.2 Å². The quantitative estimate of drug-likeness (QED) is 0.296. The van der Waals surface area contributed by atoms with E-state index < -0.39 is 6.48 Å². The fourth-order valence-corrected chi connectivity index (χ4v) is 3.88. The van der Waals surface area contributed by atoms with E-state index in [1.54, 1.807) is 0 Å². The Hall–Kier alpha value is -2.90. The number of anilines is 1. The number of nitrogens with two attached hydrogens (primary N) is 1. The van der Waals surface area contributed by atoms with Crippen LogP contribution in [0.4, 0.5) is 5.82 Å². The molecule has 0 aliphatic carbocycles. The maximum absolute atomic E-state index is 8.79. The third-order valence-corrected chi connectivity index (χ3v) is 5.01. The number of nitrogen functional groups attached to an aromatic ring is 1. The number of aromatic nitrogens is 2. The first kappa shape index (κ1) is 15.6. The van der Waals surface area contributed by atoms with Crippen LogP contribution in [-0.4, -0.2) is 35.4 Å². The number of aromatic amines is 1. The molecule has 0 radical (unpaired) electrons. The van der Waals surface area contributed by atoms with Gasteiger partial charge in [-0.3, -0.25) is 5.41 Å². The molecule has 1 aliphatic heterocycles. The van der Waals surface area contributed by atoms with Gasteiger partial charge >= 0.3 is 6.48 Å². The first-order valence-electron chi connectivity index (χ1n) is 8.37. The Balaban J connectivity index is 1.88. The van der Waals surface area contributed by atoms with Gasteiger partial charge in [-0.1, -0.05) is 60.7 Å². The highest BCUT2D eigenvalue weighted by Crippen LogP contribution is 2.09. The molecule has 7 heteroatoms. The lowest BCUT2D eigenvalue weighted by atomic mass is 9.40. The van der Waals surface area contributed by atoms with E-state index in [-0.39, 0.29) is 0 Å². The molecule has 0 spiro atoms. The Morgan fingerprint density at radius 3 is 2.20 bits per heavy atom. The second-order valence-corrected chi connectivity index (χ2v) is 6.29. The molecule has 0 saturated carbocycles. The average molecular weight is 333 g/mol. The lowest BCUT2D eigenvalue weighted by Crippen LogP contribution is -3.27. The molecule has 1 fully saturated rings. The van der Waals surface area contributed by atoms with Crippen molar-refractivity contribution in [2.24, 2.45) is 0 Å². The summed E-state index contributed by atoms with van der Waals surface area (Å²) in [6, 6.07) is 20.3. The Morgan fingerprint density at radius 1 is 1.08 bits per heavy atom. The van der Waals surface area contributed by atoms with Crippen LogP contribution in [0.1, 0.15) is 5.69 Å². The van der Waals surface area contributed by atoms with Gasteiger partial charge in [-0.25, -0.2) is 4.98 Å². The zero-order chi connectivity index (χ0) is 17.3. The fourth-order valence-electron chi connectivity index (χ4n) is 3.88. The number of rotatable bonds is 3. The van der Waals surface area contributed by atoms with Gasteiger partial charge in [0, 0.05) is 0 Å². The van der Waals surface area contributed by atoms with Crippen molar-refractivity contribution in [3.05, 3.63) is 72.7 Å². The van der Waals surface area contributed by atoms with Crippen molar-refractivity contribution >= 4 is 29.1 Å². The van der Waals surface area contributed by atoms with Crippen LogP contribution in [0.3, 0.4) is 0 Å². The molecule has 0 amide bonds. The second-order valence-electron chi connectivity index (χ2n) is 6.29. The highest BCUT2D eigenvalue weighted by molar-refractivity contribution is 6.92. The molecule has 5 N–H and O–H groups in total. The van der Waals surface area contributed by atoms with E-state index in [2.05, 4.69) is 34.2 Å². The smallest absolute Gasteiger partial charge is 0.396 e. The van der Waals surface area contributed by atoms with E-state index in [0.717, 1.165) is 15.7 Å². The van der Waals surface area contributed by atoms with Gasteiger partial charge in [-0.05, 0) is 0 Å². The Kier molecular flexibility index (Phi) is 3.87. The normalized spacial score (nSPS) is 19.0. The first-order chi connectivity index (χ1) is 12.2. The monoisotopic (exact) mass is 333 g/mol. The second kappa shape index (κ2) is 6.20. The number of imidazole rings is 1. The number of H-pyrrole nitrogens is 1. The molecule has 0 bridgehead atoms. The predicted molar refractivity (Wildman–Crippen MR) is 99.5 cm³/mol. The summed E-state index contributed by atoms with van der Waals surface area (Å²) in [5.41, 5.74) is 8.65. The molecule has 126 valence electrons. The van der Waals surface area contributed by atoms with E-state index in [1.165, 1.54) is 6.33 Å². The molecule has 1 aliphatic rings. The summed E-state index contributed by atoms with van der Waals surface area (Å²) in [5.74, 6) is 0.718. The molecule has 25 heavy (non-hydrogen) atoms. The number of amidine groups is 1.